The van der Waals surface area contributed by atoms with E-state index in [1.165, 1.54) is 38.8 Å². The monoisotopic (exact) mass is 654 g/mol. The number of hydrogen-bond donors (Lipinski definition) is 0. The van der Waals surface area contributed by atoms with Crippen LogP contribution in [0, 0.1) is 0 Å². The van der Waals surface area contributed by atoms with Crippen molar-refractivity contribution in [1.82, 2.24) is 9.97 Å². The van der Waals surface area contributed by atoms with Crippen molar-refractivity contribution in [2.24, 2.45) is 0 Å². The van der Waals surface area contributed by atoms with Gasteiger partial charge in [-0.3, -0.25) is 0 Å². The third-order valence-electron chi connectivity index (χ3n) is 10.4. The van der Waals surface area contributed by atoms with Crippen molar-refractivity contribution in [2.45, 2.75) is 18.5 Å². The largest absolute Gasteiger partial charge is 0.360 e. The lowest BCUT2D eigenvalue weighted by molar-refractivity contribution is 0.583. The van der Waals surface area contributed by atoms with E-state index in [-0.39, 0.29) is 12.0 Å². The second-order valence-corrected chi connectivity index (χ2v) is 13.4. The first-order valence-electron chi connectivity index (χ1n) is 17.6. The minimum absolute atomic E-state index is 0.263. The summed E-state index contributed by atoms with van der Waals surface area (Å²) in [6, 6.07) is 51.6. The summed E-state index contributed by atoms with van der Waals surface area (Å²) in [5.41, 5.74) is 12.6. The Morgan fingerprint density at radius 3 is 1.96 bits per heavy atom. The van der Waals surface area contributed by atoms with E-state index >= 15 is 0 Å². The van der Waals surface area contributed by atoms with E-state index in [9.17, 15) is 0 Å². The molecular weight excluding hydrogens is 621 g/mol. The van der Waals surface area contributed by atoms with Gasteiger partial charge >= 0.3 is 0 Å². The number of anilines is 3. The predicted molar refractivity (Wildman–Crippen MR) is 211 cm³/mol. The van der Waals surface area contributed by atoms with Gasteiger partial charge < -0.3 is 9.80 Å². The number of hydrogen-bond acceptors (Lipinski definition) is 4. The fourth-order valence-corrected chi connectivity index (χ4v) is 8.11. The van der Waals surface area contributed by atoms with Gasteiger partial charge in [0.1, 0.15) is 0 Å². The first-order valence-corrected chi connectivity index (χ1v) is 17.6. The van der Waals surface area contributed by atoms with Crippen molar-refractivity contribution in [2.75, 3.05) is 9.80 Å². The van der Waals surface area contributed by atoms with E-state index in [2.05, 4.69) is 180 Å². The lowest BCUT2D eigenvalue weighted by Gasteiger charge is -2.44. The van der Waals surface area contributed by atoms with Crippen LogP contribution in [0.1, 0.15) is 22.6 Å². The van der Waals surface area contributed by atoms with Gasteiger partial charge in [-0.05, 0) is 70.6 Å². The molecule has 6 aromatic carbocycles. The van der Waals surface area contributed by atoms with Crippen LogP contribution in [0.4, 0.5) is 17.1 Å². The average molecular weight is 655 g/mol. The molecule has 4 heteroatoms. The number of benzene rings is 6. The molecule has 2 aliphatic heterocycles. The van der Waals surface area contributed by atoms with Crippen LogP contribution in [0.5, 0.6) is 0 Å². The topological polar surface area (TPSA) is 32.3 Å². The van der Waals surface area contributed by atoms with Crippen LogP contribution >= 0.6 is 0 Å². The van der Waals surface area contributed by atoms with E-state index in [1.54, 1.807) is 0 Å². The van der Waals surface area contributed by atoms with Crippen LogP contribution in [0.15, 0.2) is 176 Å². The van der Waals surface area contributed by atoms with Gasteiger partial charge in [0.2, 0.25) is 0 Å². The Hall–Kier alpha value is -6.52. The van der Waals surface area contributed by atoms with Gasteiger partial charge in [-0.15, -0.1) is 0 Å². The van der Waals surface area contributed by atoms with E-state index < -0.39 is 0 Å². The molecule has 0 N–H and O–H groups in total. The predicted octanol–water partition coefficient (Wildman–Crippen LogP) is 11.4. The lowest BCUT2D eigenvalue weighted by atomic mass is 9.76. The SMILES string of the molecule is C1=CC2c3c(cc4cccc5c4c3C=CN5c3cccc(-c4nc(-c5ccccc5)cc(-c5ccccc5)n4)c3)CN(c3ccccc3)C2C=C1. The maximum atomic E-state index is 5.11. The summed E-state index contributed by atoms with van der Waals surface area (Å²) in [6.45, 7) is 0.873. The van der Waals surface area contributed by atoms with Gasteiger partial charge in [0.15, 0.2) is 5.82 Å². The van der Waals surface area contributed by atoms with Crippen LogP contribution in [0.3, 0.4) is 0 Å². The number of nitrogens with zero attached hydrogens (tertiary/aromatic N) is 4. The molecule has 0 radical (unpaired) electrons. The van der Waals surface area contributed by atoms with Gasteiger partial charge in [-0.2, -0.15) is 0 Å². The highest BCUT2D eigenvalue weighted by Crippen LogP contribution is 2.48. The van der Waals surface area contributed by atoms with Gasteiger partial charge in [0.05, 0.1) is 23.1 Å². The van der Waals surface area contributed by atoms with E-state index in [0.717, 1.165) is 40.3 Å². The Morgan fingerprint density at radius 2 is 1.22 bits per heavy atom. The molecule has 10 rings (SSSR count). The molecule has 0 fully saturated rings. The molecule has 51 heavy (non-hydrogen) atoms. The van der Waals surface area contributed by atoms with Crippen molar-refractivity contribution >= 4 is 33.9 Å². The Kier molecular flexibility index (Phi) is 6.98. The van der Waals surface area contributed by atoms with Gasteiger partial charge in [-0.25, -0.2) is 9.97 Å². The number of aromatic nitrogens is 2. The maximum absolute atomic E-state index is 5.11. The molecule has 3 heterocycles. The van der Waals surface area contributed by atoms with E-state index in [4.69, 9.17) is 9.97 Å². The standard InChI is InChI=1S/C47H34N4/c1-4-14-32(15-5-1)41-30-42(33-16-6-2-7-17-33)49-47(48-41)35-19-12-22-38(29-35)50-27-26-40-45-36(28-34-18-13-25-44(50)46(34)40)31-51(37-20-8-3-9-21-37)43-24-11-10-23-39(43)45/h1-30,39,43H,31H2. The van der Waals surface area contributed by atoms with Crippen molar-refractivity contribution in [3.63, 3.8) is 0 Å². The van der Waals surface area contributed by atoms with Crippen molar-refractivity contribution in [3.05, 3.63) is 193 Å². The fraction of sp³-hybridized carbons (Fsp3) is 0.0638. The Balaban J connectivity index is 1.08. The second kappa shape index (κ2) is 12.1. The molecule has 7 aromatic rings. The zero-order valence-corrected chi connectivity index (χ0v) is 28.0. The fourth-order valence-electron chi connectivity index (χ4n) is 8.11. The number of fused-ring (bicyclic) bond motifs is 4. The van der Waals surface area contributed by atoms with Crippen LogP contribution < -0.4 is 9.80 Å². The highest BCUT2D eigenvalue weighted by atomic mass is 15.2. The molecule has 0 saturated carbocycles. The van der Waals surface area contributed by atoms with Crippen LogP contribution in [0.2, 0.25) is 0 Å². The zero-order chi connectivity index (χ0) is 33.7. The molecule has 0 bridgehead atoms. The summed E-state index contributed by atoms with van der Waals surface area (Å²) < 4.78 is 0. The first kappa shape index (κ1) is 29.4. The molecule has 4 nitrogen and oxygen atoms in total. The first-order chi connectivity index (χ1) is 25.3. The summed E-state index contributed by atoms with van der Waals surface area (Å²) in [6.07, 6.45) is 13.8. The lowest BCUT2D eigenvalue weighted by Crippen LogP contribution is -2.43. The number of allylic oxidation sites excluding steroid dienone is 2. The van der Waals surface area contributed by atoms with Crippen LogP contribution in [0.25, 0.3) is 50.8 Å². The average Bonchev–Trinajstić information content (AvgIpc) is 3.21. The molecular formula is C47H34N4. The molecule has 242 valence electrons. The third kappa shape index (κ3) is 5.07. The van der Waals surface area contributed by atoms with Crippen LogP contribution in [-0.4, -0.2) is 16.0 Å². The molecule has 0 amide bonds. The second-order valence-electron chi connectivity index (χ2n) is 13.4. The molecule has 3 aliphatic rings. The van der Waals surface area contributed by atoms with E-state index in [1.807, 2.05) is 12.1 Å². The van der Waals surface area contributed by atoms with Gasteiger partial charge in [-0.1, -0.05) is 127 Å². The minimum Gasteiger partial charge on any atom is -0.360 e. The van der Waals surface area contributed by atoms with Gasteiger partial charge in [0.25, 0.3) is 0 Å². The van der Waals surface area contributed by atoms with Crippen molar-refractivity contribution < 1.29 is 0 Å². The quantitative estimate of drug-likeness (QED) is 0.185. The zero-order valence-electron chi connectivity index (χ0n) is 28.0. The smallest absolute Gasteiger partial charge is 0.160 e. The normalized spacial score (nSPS) is 17.0. The molecule has 0 saturated heterocycles. The maximum Gasteiger partial charge on any atom is 0.160 e. The van der Waals surface area contributed by atoms with Crippen molar-refractivity contribution in [1.29, 1.82) is 0 Å². The molecule has 1 aromatic heterocycles. The summed E-state index contributed by atoms with van der Waals surface area (Å²) in [5.74, 6) is 0.968. The summed E-state index contributed by atoms with van der Waals surface area (Å²) >= 11 is 0. The Labute approximate surface area is 298 Å². The third-order valence-corrected chi connectivity index (χ3v) is 10.4. The summed E-state index contributed by atoms with van der Waals surface area (Å²) in [4.78, 5) is 15.1. The van der Waals surface area contributed by atoms with E-state index in [0.29, 0.717) is 5.82 Å². The minimum atomic E-state index is 0.263. The number of para-hydroxylation sites is 1. The number of rotatable bonds is 5. The van der Waals surface area contributed by atoms with Crippen molar-refractivity contribution in [3.8, 4) is 33.9 Å². The molecule has 2 atom stereocenters. The summed E-state index contributed by atoms with van der Waals surface area (Å²) in [7, 11) is 0. The highest BCUT2D eigenvalue weighted by molar-refractivity contribution is 6.06. The Morgan fingerprint density at radius 1 is 0.569 bits per heavy atom. The molecule has 1 aliphatic carbocycles. The molecule has 2 unspecified atom stereocenters. The Bertz CT molecular complexity index is 2460. The summed E-state index contributed by atoms with van der Waals surface area (Å²) in [5, 5.41) is 2.56. The van der Waals surface area contributed by atoms with Gasteiger partial charge in [0, 0.05) is 52.1 Å². The van der Waals surface area contributed by atoms with Crippen LogP contribution in [-0.2, 0) is 6.54 Å². The molecule has 0 spiro atoms. The highest BCUT2D eigenvalue weighted by Gasteiger charge is 2.36.